The lowest BCUT2D eigenvalue weighted by molar-refractivity contribution is -0.125. The number of allylic oxidation sites excluding steroid dienone is 2. The van der Waals surface area contributed by atoms with Crippen LogP contribution < -0.4 is 5.32 Å². The van der Waals surface area contributed by atoms with Crippen LogP contribution in [0.4, 0.5) is 0 Å². The number of carbonyl (C=O) groups is 1. The molecule has 2 atom stereocenters. The van der Waals surface area contributed by atoms with Gasteiger partial charge in [0.2, 0.25) is 5.91 Å². The van der Waals surface area contributed by atoms with E-state index in [2.05, 4.69) is 22.4 Å². The second kappa shape index (κ2) is 5.48. The third-order valence-corrected chi connectivity index (χ3v) is 3.78. The Hall–Kier alpha value is -0.830. The molecule has 90 valence electrons. The molecule has 1 aliphatic carbocycles. The molecule has 0 unspecified atom stereocenters. The van der Waals surface area contributed by atoms with Crippen LogP contribution >= 0.6 is 0 Å². The Morgan fingerprint density at radius 3 is 3.00 bits per heavy atom. The summed E-state index contributed by atoms with van der Waals surface area (Å²) >= 11 is 0. The lowest BCUT2D eigenvalue weighted by Crippen LogP contribution is -2.43. The number of hydrogen-bond acceptors (Lipinski definition) is 2. The van der Waals surface area contributed by atoms with Gasteiger partial charge in [0.1, 0.15) is 0 Å². The predicted molar refractivity (Wildman–Crippen MR) is 65.1 cm³/mol. The zero-order valence-electron chi connectivity index (χ0n) is 10.1. The zero-order chi connectivity index (χ0) is 11.4. The van der Waals surface area contributed by atoms with Gasteiger partial charge in [0.25, 0.3) is 0 Å². The summed E-state index contributed by atoms with van der Waals surface area (Å²) in [4.78, 5) is 14.1. The van der Waals surface area contributed by atoms with Crippen LogP contribution in [0.2, 0.25) is 0 Å². The fourth-order valence-electron chi connectivity index (χ4n) is 2.86. The molecule has 1 fully saturated rings. The maximum atomic E-state index is 11.7. The standard InChI is InChI=1S/C13H22N2O/c1-14-13(16)12-8-5-9-15(12)10-11-6-3-2-4-7-11/h2-3,11-12H,4-10H2,1H3,(H,14,16)/t11-,12-/m1/s1. The average Bonchev–Trinajstić information content (AvgIpc) is 2.77. The van der Waals surface area contributed by atoms with Crippen molar-refractivity contribution in [3.63, 3.8) is 0 Å². The maximum absolute atomic E-state index is 11.7. The summed E-state index contributed by atoms with van der Waals surface area (Å²) in [6, 6.07) is 0.135. The van der Waals surface area contributed by atoms with Gasteiger partial charge in [0.15, 0.2) is 0 Å². The average molecular weight is 222 g/mol. The van der Waals surface area contributed by atoms with Crippen LogP contribution in [-0.4, -0.2) is 37.0 Å². The number of likely N-dealkylation sites (tertiary alicyclic amines) is 1. The molecule has 3 nitrogen and oxygen atoms in total. The minimum Gasteiger partial charge on any atom is -0.358 e. The Morgan fingerprint density at radius 2 is 2.31 bits per heavy atom. The highest BCUT2D eigenvalue weighted by atomic mass is 16.2. The van der Waals surface area contributed by atoms with Crippen LogP contribution in [0.1, 0.15) is 32.1 Å². The van der Waals surface area contributed by atoms with Crippen molar-refractivity contribution >= 4 is 5.91 Å². The summed E-state index contributed by atoms with van der Waals surface area (Å²) in [6.45, 7) is 2.20. The molecule has 0 bridgehead atoms. The summed E-state index contributed by atoms with van der Waals surface area (Å²) in [6.07, 6.45) is 10.5. The fraction of sp³-hybridized carbons (Fsp3) is 0.769. The quantitative estimate of drug-likeness (QED) is 0.735. The molecule has 1 saturated heterocycles. The van der Waals surface area contributed by atoms with Crippen molar-refractivity contribution in [2.24, 2.45) is 5.92 Å². The topological polar surface area (TPSA) is 32.3 Å². The second-order valence-corrected chi connectivity index (χ2v) is 4.92. The van der Waals surface area contributed by atoms with E-state index in [-0.39, 0.29) is 11.9 Å². The van der Waals surface area contributed by atoms with Gasteiger partial charge in [-0.2, -0.15) is 0 Å². The molecule has 2 aliphatic rings. The first kappa shape index (κ1) is 11.6. The van der Waals surface area contributed by atoms with Crippen molar-refractivity contribution in [3.05, 3.63) is 12.2 Å². The number of likely N-dealkylation sites (N-methyl/N-ethyl adjacent to an activating group) is 1. The van der Waals surface area contributed by atoms with E-state index in [1.807, 2.05) is 0 Å². The van der Waals surface area contributed by atoms with Crippen LogP contribution in [-0.2, 0) is 4.79 Å². The fourth-order valence-corrected chi connectivity index (χ4v) is 2.86. The third kappa shape index (κ3) is 2.64. The van der Waals surface area contributed by atoms with Gasteiger partial charge in [-0.25, -0.2) is 0 Å². The first-order valence-electron chi connectivity index (χ1n) is 6.42. The van der Waals surface area contributed by atoms with Gasteiger partial charge in [-0.3, -0.25) is 9.69 Å². The van der Waals surface area contributed by atoms with E-state index < -0.39 is 0 Å². The van der Waals surface area contributed by atoms with Gasteiger partial charge in [-0.15, -0.1) is 0 Å². The highest BCUT2D eigenvalue weighted by Crippen LogP contribution is 2.24. The Balaban J connectivity index is 1.88. The molecule has 0 aromatic carbocycles. The van der Waals surface area contributed by atoms with Crippen molar-refractivity contribution in [1.29, 1.82) is 0 Å². The van der Waals surface area contributed by atoms with Crippen LogP contribution in [0.15, 0.2) is 12.2 Å². The van der Waals surface area contributed by atoms with Gasteiger partial charge in [0.05, 0.1) is 6.04 Å². The van der Waals surface area contributed by atoms with Crippen LogP contribution in [0.25, 0.3) is 0 Å². The second-order valence-electron chi connectivity index (χ2n) is 4.92. The van der Waals surface area contributed by atoms with Crippen molar-refractivity contribution in [2.75, 3.05) is 20.1 Å². The molecule has 1 amide bonds. The Labute approximate surface area is 97.9 Å². The summed E-state index contributed by atoms with van der Waals surface area (Å²) in [7, 11) is 1.74. The number of nitrogens with one attached hydrogen (secondary N) is 1. The summed E-state index contributed by atoms with van der Waals surface area (Å²) in [5.41, 5.74) is 0. The number of rotatable bonds is 3. The molecule has 0 spiro atoms. The molecule has 16 heavy (non-hydrogen) atoms. The molecular weight excluding hydrogens is 200 g/mol. The minimum atomic E-state index is 0.135. The molecule has 0 aromatic rings. The molecular formula is C13H22N2O. The first-order chi connectivity index (χ1) is 7.81. The predicted octanol–water partition coefficient (Wildman–Crippen LogP) is 1.55. The van der Waals surface area contributed by atoms with E-state index in [4.69, 9.17) is 0 Å². The largest absolute Gasteiger partial charge is 0.358 e. The van der Waals surface area contributed by atoms with Gasteiger partial charge in [0, 0.05) is 13.6 Å². The van der Waals surface area contributed by atoms with E-state index in [0.717, 1.165) is 25.4 Å². The van der Waals surface area contributed by atoms with Crippen molar-refractivity contribution in [2.45, 2.75) is 38.1 Å². The number of nitrogens with zero attached hydrogens (tertiary/aromatic N) is 1. The molecule has 1 N–H and O–H groups in total. The van der Waals surface area contributed by atoms with Gasteiger partial charge in [-0.1, -0.05) is 12.2 Å². The Morgan fingerprint density at radius 1 is 1.44 bits per heavy atom. The Kier molecular flexibility index (Phi) is 3.99. The van der Waals surface area contributed by atoms with E-state index in [0.29, 0.717) is 0 Å². The lowest BCUT2D eigenvalue weighted by Gasteiger charge is -2.28. The minimum absolute atomic E-state index is 0.135. The first-order valence-corrected chi connectivity index (χ1v) is 6.42. The van der Waals surface area contributed by atoms with E-state index >= 15 is 0 Å². The number of carbonyl (C=O) groups excluding carboxylic acids is 1. The molecule has 0 aromatic heterocycles. The summed E-state index contributed by atoms with van der Waals surface area (Å²) in [5.74, 6) is 0.958. The normalized spacial score (nSPS) is 30.6. The van der Waals surface area contributed by atoms with Gasteiger partial charge >= 0.3 is 0 Å². The van der Waals surface area contributed by atoms with Crippen LogP contribution in [0.3, 0.4) is 0 Å². The van der Waals surface area contributed by atoms with Gasteiger partial charge in [-0.05, 0) is 44.6 Å². The van der Waals surface area contributed by atoms with E-state index in [1.165, 1.54) is 25.7 Å². The van der Waals surface area contributed by atoms with E-state index in [1.54, 1.807) is 7.05 Å². The third-order valence-electron chi connectivity index (χ3n) is 3.78. The summed E-state index contributed by atoms with van der Waals surface area (Å²) in [5, 5.41) is 2.78. The number of hydrogen-bond donors (Lipinski definition) is 1. The molecule has 0 saturated carbocycles. The zero-order valence-corrected chi connectivity index (χ0v) is 10.1. The molecule has 0 radical (unpaired) electrons. The maximum Gasteiger partial charge on any atom is 0.237 e. The summed E-state index contributed by atoms with van der Waals surface area (Å²) < 4.78 is 0. The molecule has 1 heterocycles. The molecule has 3 heteroatoms. The van der Waals surface area contributed by atoms with Crippen molar-refractivity contribution in [3.8, 4) is 0 Å². The smallest absolute Gasteiger partial charge is 0.237 e. The van der Waals surface area contributed by atoms with Crippen molar-refractivity contribution < 1.29 is 4.79 Å². The van der Waals surface area contributed by atoms with E-state index in [9.17, 15) is 4.79 Å². The van der Waals surface area contributed by atoms with Crippen LogP contribution in [0.5, 0.6) is 0 Å². The Bertz CT molecular complexity index is 275. The lowest BCUT2D eigenvalue weighted by atomic mass is 9.94. The SMILES string of the molecule is CNC(=O)[C@H]1CCCN1C[C@@H]1CC=CCC1. The molecule has 2 rings (SSSR count). The highest BCUT2D eigenvalue weighted by Gasteiger charge is 2.31. The monoisotopic (exact) mass is 222 g/mol. The number of amides is 1. The van der Waals surface area contributed by atoms with Crippen LogP contribution in [0, 0.1) is 5.92 Å². The highest BCUT2D eigenvalue weighted by molar-refractivity contribution is 5.81. The van der Waals surface area contributed by atoms with Gasteiger partial charge < -0.3 is 5.32 Å². The van der Waals surface area contributed by atoms with Crippen molar-refractivity contribution in [1.82, 2.24) is 10.2 Å². The molecule has 1 aliphatic heterocycles.